The van der Waals surface area contributed by atoms with E-state index in [1.165, 1.54) is 18.2 Å². The summed E-state index contributed by atoms with van der Waals surface area (Å²) in [6.45, 7) is 0.868. The first-order valence-electron chi connectivity index (χ1n) is 8.46. The molecule has 2 N–H and O–H groups in total. The van der Waals surface area contributed by atoms with E-state index in [4.69, 9.17) is 11.6 Å². The lowest BCUT2D eigenvalue weighted by Gasteiger charge is -2.17. The fourth-order valence-electron chi connectivity index (χ4n) is 2.93. The van der Waals surface area contributed by atoms with Crippen molar-refractivity contribution < 1.29 is 14.3 Å². The van der Waals surface area contributed by atoms with Crippen molar-refractivity contribution in [3.63, 3.8) is 0 Å². The van der Waals surface area contributed by atoms with Gasteiger partial charge >= 0.3 is 0 Å². The van der Waals surface area contributed by atoms with Crippen molar-refractivity contribution in [3.05, 3.63) is 59.1 Å². The molecule has 3 aromatic rings. The minimum Gasteiger partial charge on any atom is -0.395 e. The zero-order valence-corrected chi connectivity index (χ0v) is 15.6. The highest BCUT2D eigenvalue weighted by Crippen LogP contribution is 2.21. The molecule has 1 aromatic heterocycles. The molecular formula is C19H20ClFN4O2. The largest absolute Gasteiger partial charge is 0.395 e. The first kappa shape index (κ1) is 19.3. The maximum atomic E-state index is 13.2. The fraction of sp³-hybridized carbons (Fsp3) is 0.263. The zero-order chi connectivity index (χ0) is 19.4. The lowest BCUT2D eigenvalue weighted by molar-refractivity contribution is -0.117. The molecule has 0 bridgehead atoms. The number of hydrogen-bond donors (Lipinski definition) is 2. The van der Waals surface area contributed by atoms with Gasteiger partial charge in [-0.1, -0.05) is 17.7 Å². The maximum absolute atomic E-state index is 13.2. The van der Waals surface area contributed by atoms with Gasteiger partial charge in [0.1, 0.15) is 11.6 Å². The molecule has 0 spiro atoms. The number of amides is 1. The SMILES string of the molecule is CN(CC(=O)Nc1cccc(F)c1)Cc1nc2ccc(Cl)cc2n1CCO. The van der Waals surface area contributed by atoms with Crippen LogP contribution in [-0.4, -0.2) is 45.7 Å². The van der Waals surface area contributed by atoms with Gasteiger partial charge in [-0.3, -0.25) is 9.69 Å². The summed E-state index contributed by atoms with van der Waals surface area (Å²) in [6.07, 6.45) is 0. The molecule has 1 heterocycles. The van der Waals surface area contributed by atoms with Gasteiger partial charge in [0.05, 0.1) is 30.7 Å². The van der Waals surface area contributed by atoms with Crippen LogP contribution in [0.15, 0.2) is 42.5 Å². The number of carbonyl (C=O) groups is 1. The Hall–Kier alpha value is -2.48. The molecule has 0 atom stereocenters. The van der Waals surface area contributed by atoms with Gasteiger partial charge in [-0.05, 0) is 43.4 Å². The highest BCUT2D eigenvalue weighted by Gasteiger charge is 2.15. The van der Waals surface area contributed by atoms with E-state index in [1.807, 2.05) is 10.6 Å². The van der Waals surface area contributed by atoms with Gasteiger partial charge in [0.25, 0.3) is 0 Å². The number of carbonyl (C=O) groups excluding carboxylic acids is 1. The van der Waals surface area contributed by atoms with Crippen molar-refractivity contribution in [1.29, 1.82) is 0 Å². The minimum atomic E-state index is -0.405. The monoisotopic (exact) mass is 390 g/mol. The number of aromatic nitrogens is 2. The van der Waals surface area contributed by atoms with Crippen molar-refractivity contribution >= 4 is 34.2 Å². The molecule has 8 heteroatoms. The van der Waals surface area contributed by atoms with Gasteiger partial charge in [-0.2, -0.15) is 0 Å². The Morgan fingerprint density at radius 3 is 2.89 bits per heavy atom. The van der Waals surface area contributed by atoms with Gasteiger partial charge in [0.2, 0.25) is 5.91 Å². The second kappa shape index (κ2) is 8.47. The number of imidazole rings is 1. The van der Waals surface area contributed by atoms with E-state index >= 15 is 0 Å². The van der Waals surface area contributed by atoms with E-state index in [0.717, 1.165) is 16.9 Å². The molecule has 0 fully saturated rings. The lowest BCUT2D eigenvalue weighted by Crippen LogP contribution is -2.31. The molecule has 2 aromatic carbocycles. The Kier molecular flexibility index (Phi) is 6.05. The number of aliphatic hydroxyl groups is 1. The summed E-state index contributed by atoms with van der Waals surface area (Å²) in [5.41, 5.74) is 2.03. The number of nitrogens with one attached hydrogen (secondary N) is 1. The van der Waals surface area contributed by atoms with Gasteiger partial charge in [-0.25, -0.2) is 9.37 Å². The normalized spacial score (nSPS) is 11.3. The summed E-state index contributed by atoms with van der Waals surface area (Å²) in [6, 6.07) is 11.1. The summed E-state index contributed by atoms with van der Waals surface area (Å²) < 4.78 is 15.1. The van der Waals surface area contributed by atoms with Crippen molar-refractivity contribution in [3.8, 4) is 0 Å². The Bertz CT molecular complexity index is 960. The molecule has 1 amide bonds. The third-order valence-corrected chi connectivity index (χ3v) is 4.28. The van der Waals surface area contributed by atoms with Crippen LogP contribution in [0.25, 0.3) is 11.0 Å². The van der Waals surface area contributed by atoms with E-state index in [2.05, 4.69) is 10.3 Å². The number of benzene rings is 2. The first-order chi connectivity index (χ1) is 13.0. The lowest BCUT2D eigenvalue weighted by atomic mass is 10.3. The standard InChI is InChI=1S/C19H20ClFN4O2/c1-24(12-19(27)22-15-4-2-3-14(21)10-15)11-18-23-16-6-5-13(20)9-17(16)25(18)7-8-26/h2-6,9-10,26H,7-8,11-12H2,1H3,(H,22,27). The van der Waals surface area contributed by atoms with Gasteiger partial charge in [0, 0.05) is 17.3 Å². The van der Waals surface area contributed by atoms with Crippen molar-refractivity contribution in [1.82, 2.24) is 14.5 Å². The Morgan fingerprint density at radius 1 is 1.33 bits per heavy atom. The number of rotatable bonds is 7. The minimum absolute atomic E-state index is 0.0330. The molecule has 6 nitrogen and oxygen atoms in total. The number of fused-ring (bicyclic) bond motifs is 1. The Labute approximate surface area is 161 Å². The number of likely N-dealkylation sites (N-methyl/N-ethyl adjacent to an activating group) is 1. The fourth-order valence-corrected chi connectivity index (χ4v) is 3.09. The predicted octanol–water partition coefficient (Wildman–Crippen LogP) is 2.89. The highest BCUT2D eigenvalue weighted by atomic mass is 35.5. The van der Waals surface area contributed by atoms with Crippen LogP contribution in [0.3, 0.4) is 0 Å². The van der Waals surface area contributed by atoms with Crippen LogP contribution < -0.4 is 5.32 Å². The predicted molar refractivity (Wildman–Crippen MR) is 103 cm³/mol. The number of anilines is 1. The quantitative estimate of drug-likeness (QED) is 0.650. The summed E-state index contributed by atoms with van der Waals surface area (Å²) in [5.74, 6) is 0.0656. The molecule has 0 aliphatic heterocycles. The molecule has 27 heavy (non-hydrogen) atoms. The van der Waals surface area contributed by atoms with Gasteiger partial charge < -0.3 is 15.0 Å². The van der Waals surface area contributed by atoms with Crippen LogP contribution in [0.1, 0.15) is 5.82 Å². The van der Waals surface area contributed by atoms with E-state index < -0.39 is 5.82 Å². The third-order valence-electron chi connectivity index (χ3n) is 4.05. The van der Waals surface area contributed by atoms with Crippen LogP contribution in [0.4, 0.5) is 10.1 Å². The average molecular weight is 391 g/mol. The Balaban J connectivity index is 1.70. The molecule has 0 saturated carbocycles. The molecule has 0 aliphatic carbocycles. The van der Waals surface area contributed by atoms with Crippen molar-refractivity contribution in [2.75, 3.05) is 25.5 Å². The van der Waals surface area contributed by atoms with E-state index in [1.54, 1.807) is 30.1 Å². The molecule has 0 unspecified atom stereocenters. The number of nitrogens with zero attached hydrogens (tertiary/aromatic N) is 3. The highest BCUT2D eigenvalue weighted by molar-refractivity contribution is 6.31. The Morgan fingerprint density at radius 2 is 2.15 bits per heavy atom. The van der Waals surface area contributed by atoms with Crippen LogP contribution in [0, 0.1) is 5.82 Å². The van der Waals surface area contributed by atoms with Crippen LogP contribution in [0.2, 0.25) is 5.02 Å². The van der Waals surface area contributed by atoms with Crippen LogP contribution in [0.5, 0.6) is 0 Å². The van der Waals surface area contributed by atoms with Crippen LogP contribution in [-0.2, 0) is 17.9 Å². The smallest absolute Gasteiger partial charge is 0.238 e. The number of aliphatic hydroxyl groups excluding tert-OH is 1. The second-order valence-electron chi connectivity index (χ2n) is 6.27. The second-order valence-corrected chi connectivity index (χ2v) is 6.70. The molecular weight excluding hydrogens is 371 g/mol. The summed E-state index contributed by atoms with van der Waals surface area (Å²) in [4.78, 5) is 18.6. The molecule has 0 radical (unpaired) electrons. The van der Waals surface area contributed by atoms with Gasteiger partial charge in [0.15, 0.2) is 0 Å². The number of hydrogen-bond acceptors (Lipinski definition) is 4. The summed E-state index contributed by atoms with van der Waals surface area (Å²) >= 11 is 6.07. The topological polar surface area (TPSA) is 70.4 Å². The zero-order valence-electron chi connectivity index (χ0n) is 14.8. The summed E-state index contributed by atoms with van der Waals surface area (Å²) in [7, 11) is 1.79. The molecule has 3 rings (SSSR count). The number of halogens is 2. The van der Waals surface area contributed by atoms with Crippen molar-refractivity contribution in [2.24, 2.45) is 0 Å². The molecule has 0 saturated heterocycles. The maximum Gasteiger partial charge on any atom is 0.238 e. The van der Waals surface area contributed by atoms with E-state index in [0.29, 0.717) is 23.8 Å². The first-order valence-corrected chi connectivity index (χ1v) is 8.83. The average Bonchev–Trinajstić information content (AvgIpc) is 2.92. The molecule has 0 aliphatic rings. The van der Waals surface area contributed by atoms with E-state index in [-0.39, 0.29) is 19.1 Å². The molecule has 142 valence electrons. The third kappa shape index (κ3) is 4.82. The van der Waals surface area contributed by atoms with Gasteiger partial charge in [-0.15, -0.1) is 0 Å². The van der Waals surface area contributed by atoms with Crippen molar-refractivity contribution in [2.45, 2.75) is 13.1 Å². The summed E-state index contributed by atoms with van der Waals surface area (Å²) in [5, 5.41) is 12.6. The van der Waals surface area contributed by atoms with E-state index in [9.17, 15) is 14.3 Å². The van der Waals surface area contributed by atoms with Crippen LogP contribution >= 0.6 is 11.6 Å².